The summed E-state index contributed by atoms with van der Waals surface area (Å²) in [7, 11) is 0. The summed E-state index contributed by atoms with van der Waals surface area (Å²) in [5.74, 6) is -5.30. The highest BCUT2D eigenvalue weighted by molar-refractivity contribution is 5.97. The molecule has 1 fully saturated rings. The van der Waals surface area contributed by atoms with Crippen molar-refractivity contribution in [3.05, 3.63) is 102 Å². The van der Waals surface area contributed by atoms with Crippen LogP contribution in [0.25, 0.3) is 10.9 Å². The van der Waals surface area contributed by atoms with Gasteiger partial charge in [-0.2, -0.15) is 0 Å². The molecule has 0 spiro atoms. The van der Waals surface area contributed by atoms with Crippen LogP contribution in [0.4, 0.5) is 0 Å². The van der Waals surface area contributed by atoms with Gasteiger partial charge in [-0.1, -0.05) is 60.7 Å². The Kier molecular flexibility index (Phi) is 17.4. The number of hydrogen-bond acceptors (Lipinski definition) is 10. The van der Waals surface area contributed by atoms with E-state index < -0.39 is 84.2 Å². The number of aliphatic imine (C=N–C) groups is 1. The Morgan fingerprint density at radius 1 is 0.723 bits per heavy atom. The summed E-state index contributed by atoms with van der Waals surface area (Å²) in [6.07, 6.45) is 2.56. The number of aliphatic hydroxyl groups excluding tert-OH is 1. The van der Waals surface area contributed by atoms with E-state index in [-0.39, 0.29) is 56.9 Å². The number of rotatable bonds is 22. The number of aliphatic hydroxyl groups is 1. The number of fused-ring (bicyclic) bond motifs is 1. The fourth-order valence-corrected chi connectivity index (χ4v) is 7.68. The van der Waals surface area contributed by atoms with E-state index in [1.807, 2.05) is 18.2 Å². The molecule has 0 bridgehead atoms. The number of phenolic OH excluding ortho intramolecular Hbond substituents is 1. The van der Waals surface area contributed by atoms with Crippen molar-refractivity contribution in [2.24, 2.45) is 22.2 Å². The molecule has 4 aromatic rings. The molecule has 3 aromatic carbocycles. The smallest absolute Gasteiger partial charge is 0.246 e. The summed E-state index contributed by atoms with van der Waals surface area (Å²) < 4.78 is 0. The molecule has 1 aromatic heterocycles. The van der Waals surface area contributed by atoms with Gasteiger partial charge in [0.2, 0.25) is 41.4 Å². The number of aromatic nitrogens is 1. The van der Waals surface area contributed by atoms with Crippen LogP contribution in [0.5, 0.6) is 5.75 Å². The van der Waals surface area contributed by atoms with Gasteiger partial charge in [-0.05, 0) is 60.6 Å². The number of para-hydroxylation sites is 1. The average Bonchev–Trinajstić information content (AvgIpc) is 3.94. The van der Waals surface area contributed by atoms with Gasteiger partial charge in [-0.3, -0.25) is 38.6 Å². The molecule has 6 atom stereocenters. The highest BCUT2D eigenvalue weighted by Gasteiger charge is 2.38. The molecule has 0 saturated carbocycles. The van der Waals surface area contributed by atoms with Crippen LogP contribution in [0.1, 0.15) is 49.3 Å². The number of phenols is 1. The minimum atomic E-state index is -1.58. The summed E-state index contributed by atoms with van der Waals surface area (Å²) in [5, 5.41) is 34.2. The van der Waals surface area contributed by atoms with Gasteiger partial charge in [-0.25, -0.2) is 0 Å². The minimum Gasteiger partial charge on any atom is -0.508 e. The summed E-state index contributed by atoms with van der Waals surface area (Å²) in [5.41, 5.74) is 19.4. The van der Waals surface area contributed by atoms with Gasteiger partial charge in [0.05, 0.1) is 6.61 Å². The number of nitrogens with two attached hydrogens (primary N) is 3. The first-order chi connectivity index (χ1) is 31.1. The molecule has 1 aliphatic rings. The van der Waals surface area contributed by atoms with E-state index in [2.05, 4.69) is 36.6 Å². The predicted molar refractivity (Wildman–Crippen MR) is 240 cm³/mol. The second kappa shape index (κ2) is 23.3. The molecule has 346 valence electrons. The van der Waals surface area contributed by atoms with Gasteiger partial charge in [0, 0.05) is 56.4 Å². The highest BCUT2D eigenvalue weighted by atomic mass is 16.3. The van der Waals surface area contributed by atoms with Crippen LogP contribution in [0.15, 0.2) is 90.1 Å². The lowest BCUT2D eigenvalue weighted by molar-refractivity contribution is -0.141. The fraction of sp³-hybridized carbons (Fsp3) is 0.378. The van der Waals surface area contributed by atoms with Gasteiger partial charge >= 0.3 is 0 Å². The van der Waals surface area contributed by atoms with E-state index in [1.54, 1.807) is 54.7 Å². The maximum absolute atomic E-state index is 14.5. The number of aromatic amines is 1. The van der Waals surface area contributed by atoms with Crippen LogP contribution in [0, 0.1) is 0 Å². The zero-order chi connectivity index (χ0) is 47.0. The molecule has 0 unspecified atom stereocenters. The molecule has 1 saturated heterocycles. The first-order valence-electron chi connectivity index (χ1n) is 21.2. The lowest BCUT2D eigenvalue weighted by atomic mass is 10.0. The Bertz CT molecular complexity index is 2330. The van der Waals surface area contributed by atoms with E-state index in [4.69, 9.17) is 17.2 Å². The standard InChI is InChI=1S/C45H57N11O9/c1-26(58)51-34(21-27-9-3-2-4-10-27)41(62)55-37(25-57)43(64)53-35(23-29-24-50-32-12-6-5-11-31(29)32)42(63)52-33(13-7-19-49-45(47)48)40(61)54-36(22-28-15-17-30(59)18-16-28)44(65)56-20-8-14-38(56)39(46)60/h2-6,9-12,15-18,24,33-38,50,57,59H,7-8,13-14,19-23,25H2,1H3,(H2,46,60)(H,51,58)(H,52,63)(H,53,64)(H,54,61)(H,55,62)(H4,47,48,49)/t33-,34-,35-,36-,37-,38+/m0/s1. The van der Waals surface area contributed by atoms with Crippen LogP contribution in [0.2, 0.25) is 0 Å². The lowest BCUT2D eigenvalue weighted by Gasteiger charge is -2.30. The lowest BCUT2D eigenvalue weighted by Crippen LogP contribution is -2.60. The van der Waals surface area contributed by atoms with Crippen molar-refractivity contribution in [2.75, 3.05) is 19.7 Å². The first-order valence-corrected chi connectivity index (χ1v) is 21.2. The molecular formula is C45H57N11O9. The van der Waals surface area contributed by atoms with Crippen molar-refractivity contribution in [2.45, 2.75) is 88.1 Å². The third-order valence-corrected chi connectivity index (χ3v) is 11.0. The number of H-pyrrole nitrogens is 1. The van der Waals surface area contributed by atoms with Gasteiger partial charge in [0.1, 0.15) is 42.0 Å². The highest BCUT2D eigenvalue weighted by Crippen LogP contribution is 2.22. The van der Waals surface area contributed by atoms with Crippen LogP contribution in [-0.2, 0) is 52.8 Å². The van der Waals surface area contributed by atoms with Crippen LogP contribution in [0.3, 0.4) is 0 Å². The number of likely N-dealkylation sites (tertiary alicyclic amines) is 1. The largest absolute Gasteiger partial charge is 0.508 e. The first kappa shape index (κ1) is 48.6. The summed E-state index contributed by atoms with van der Waals surface area (Å²) in [6.45, 7) is 0.656. The number of aromatic hydroxyl groups is 1. The molecule has 65 heavy (non-hydrogen) atoms. The van der Waals surface area contributed by atoms with E-state index in [9.17, 15) is 43.8 Å². The zero-order valence-corrected chi connectivity index (χ0v) is 36.0. The Hall–Kier alpha value is -7.48. The minimum absolute atomic E-state index is 0.0169. The number of carbonyl (C=O) groups excluding carboxylic acids is 7. The molecule has 20 nitrogen and oxygen atoms in total. The number of guanidine groups is 1. The molecule has 0 radical (unpaired) electrons. The summed E-state index contributed by atoms with van der Waals surface area (Å²) in [4.78, 5) is 103. The van der Waals surface area contributed by atoms with E-state index in [0.29, 0.717) is 24.0 Å². The molecule has 14 N–H and O–H groups in total. The van der Waals surface area contributed by atoms with Crippen LogP contribution < -0.4 is 43.8 Å². The third kappa shape index (κ3) is 14.0. The van der Waals surface area contributed by atoms with Crippen molar-refractivity contribution in [3.63, 3.8) is 0 Å². The quantitative estimate of drug-likeness (QED) is 0.0255. The van der Waals surface area contributed by atoms with Crippen molar-refractivity contribution in [3.8, 4) is 5.75 Å². The Balaban J connectivity index is 1.42. The zero-order valence-electron chi connectivity index (χ0n) is 36.0. The van der Waals surface area contributed by atoms with Gasteiger partial charge in [0.15, 0.2) is 5.96 Å². The number of nitrogens with one attached hydrogen (secondary N) is 6. The van der Waals surface area contributed by atoms with E-state index >= 15 is 0 Å². The van der Waals surface area contributed by atoms with E-state index in [1.165, 1.54) is 24.0 Å². The van der Waals surface area contributed by atoms with Gasteiger partial charge < -0.3 is 63.9 Å². The summed E-state index contributed by atoms with van der Waals surface area (Å²) in [6, 6.07) is 14.5. The van der Waals surface area contributed by atoms with Crippen molar-refractivity contribution < 1.29 is 43.8 Å². The number of nitrogens with zero attached hydrogens (tertiary/aromatic N) is 2. The Morgan fingerprint density at radius 3 is 1.95 bits per heavy atom. The SMILES string of the molecule is CC(=O)N[C@@H](Cc1ccccc1)C(=O)N[C@@H](CO)C(=O)N[C@@H](Cc1c[nH]c2ccccc12)C(=O)N[C@@H](CCCN=C(N)N)C(=O)N[C@@H](Cc1ccc(O)cc1)C(=O)N1CCC[C@@H]1C(N)=O. The number of benzene rings is 3. The van der Waals surface area contributed by atoms with Crippen LogP contribution in [-0.4, -0.2) is 123 Å². The molecule has 5 rings (SSSR count). The number of primary amides is 1. The topological polar surface area (TPSA) is 330 Å². The molecular weight excluding hydrogens is 839 g/mol. The monoisotopic (exact) mass is 895 g/mol. The molecule has 2 heterocycles. The molecule has 1 aliphatic heterocycles. The second-order valence-corrected chi connectivity index (χ2v) is 15.8. The number of amides is 7. The fourth-order valence-electron chi connectivity index (χ4n) is 7.68. The van der Waals surface area contributed by atoms with Crippen LogP contribution >= 0.6 is 0 Å². The van der Waals surface area contributed by atoms with E-state index in [0.717, 1.165) is 16.5 Å². The maximum Gasteiger partial charge on any atom is 0.246 e. The number of carbonyl (C=O) groups is 7. The van der Waals surface area contributed by atoms with Crippen molar-refractivity contribution in [1.82, 2.24) is 36.5 Å². The predicted octanol–water partition coefficient (Wildman–Crippen LogP) is -1.13. The molecule has 7 amide bonds. The summed E-state index contributed by atoms with van der Waals surface area (Å²) >= 11 is 0. The van der Waals surface area contributed by atoms with Gasteiger partial charge in [0.25, 0.3) is 0 Å². The molecule has 0 aliphatic carbocycles. The molecule has 20 heteroatoms. The number of hydrogen-bond donors (Lipinski definition) is 11. The Morgan fingerprint density at radius 2 is 1.29 bits per heavy atom. The maximum atomic E-state index is 14.5. The average molecular weight is 896 g/mol. The normalized spacial score (nSPS) is 15.7. The van der Waals surface area contributed by atoms with Gasteiger partial charge in [-0.15, -0.1) is 0 Å². The van der Waals surface area contributed by atoms with Crippen molar-refractivity contribution >= 4 is 58.2 Å². The van der Waals surface area contributed by atoms with Crippen molar-refractivity contribution in [1.29, 1.82) is 0 Å². The Labute approximate surface area is 375 Å². The second-order valence-electron chi connectivity index (χ2n) is 15.8. The third-order valence-electron chi connectivity index (χ3n) is 11.0.